The monoisotopic (exact) mass is 411 g/mol. The maximum atomic E-state index is 12.6. The van der Waals surface area contributed by atoms with E-state index in [1.807, 2.05) is 36.6 Å². The fraction of sp³-hybridized carbons (Fsp3) is 0.286. The normalized spacial score (nSPS) is 16.3. The van der Waals surface area contributed by atoms with Crippen molar-refractivity contribution in [3.63, 3.8) is 0 Å². The van der Waals surface area contributed by atoms with E-state index in [-0.39, 0.29) is 11.8 Å². The van der Waals surface area contributed by atoms with Gasteiger partial charge in [0.1, 0.15) is 11.5 Å². The Labute approximate surface area is 173 Å². The van der Waals surface area contributed by atoms with Gasteiger partial charge in [0, 0.05) is 35.5 Å². The van der Waals surface area contributed by atoms with Crippen LogP contribution < -0.4 is 14.4 Å². The van der Waals surface area contributed by atoms with Crippen molar-refractivity contribution >= 4 is 23.4 Å². The lowest BCUT2D eigenvalue weighted by Crippen LogP contribution is -2.24. The van der Waals surface area contributed by atoms with Gasteiger partial charge in [-0.2, -0.15) is 4.98 Å². The smallest absolute Gasteiger partial charge is 0.261 e. The summed E-state index contributed by atoms with van der Waals surface area (Å²) in [4.78, 5) is 20.1. The molecule has 29 heavy (non-hydrogen) atoms. The molecule has 2 heterocycles. The van der Waals surface area contributed by atoms with E-state index >= 15 is 0 Å². The van der Waals surface area contributed by atoms with E-state index in [9.17, 15) is 4.79 Å². The SMILES string of the molecule is COc1ccc(-c2nc(C3CC(=O)N(c4cccc(SC)c4)C3)no2)c(OC)c1. The van der Waals surface area contributed by atoms with Crippen LogP contribution in [0.2, 0.25) is 0 Å². The van der Waals surface area contributed by atoms with Crippen LogP contribution in [0, 0.1) is 0 Å². The van der Waals surface area contributed by atoms with Crippen molar-refractivity contribution in [2.24, 2.45) is 0 Å². The van der Waals surface area contributed by atoms with Crippen LogP contribution in [0.3, 0.4) is 0 Å². The quantitative estimate of drug-likeness (QED) is 0.568. The van der Waals surface area contributed by atoms with E-state index in [0.29, 0.717) is 41.7 Å². The first kappa shape index (κ1) is 19.3. The standard InChI is InChI=1S/C21H21N3O4S/c1-26-15-7-8-17(18(11-15)27-2)21-22-20(23-28-21)13-9-19(25)24(12-13)14-5-4-6-16(10-14)29-3/h4-8,10-11,13H,9,12H2,1-3H3. The topological polar surface area (TPSA) is 77.7 Å². The van der Waals surface area contributed by atoms with Gasteiger partial charge in [-0.25, -0.2) is 0 Å². The second-order valence-corrected chi connectivity index (χ2v) is 7.51. The van der Waals surface area contributed by atoms with Gasteiger partial charge >= 0.3 is 0 Å². The van der Waals surface area contributed by atoms with Crippen LogP contribution >= 0.6 is 11.8 Å². The Kier molecular flexibility index (Phi) is 5.44. The average Bonchev–Trinajstić information content (AvgIpc) is 3.40. The first-order valence-corrected chi connectivity index (χ1v) is 10.4. The minimum Gasteiger partial charge on any atom is -0.497 e. The minimum atomic E-state index is -0.123. The van der Waals surface area contributed by atoms with E-state index in [1.54, 1.807) is 43.0 Å². The van der Waals surface area contributed by atoms with Gasteiger partial charge in [-0.3, -0.25) is 4.79 Å². The highest BCUT2D eigenvalue weighted by molar-refractivity contribution is 7.98. The summed E-state index contributed by atoms with van der Waals surface area (Å²) in [6.45, 7) is 0.523. The maximum Gasteiger partial charge on any atom is 0.261 e. The molecule has 150 valence electrons. The molecule has 0 spiro atoms. The molecule has 1 amide bonds. The lowest BCUT2D eigenvalue weighted by atomic mass is 10.1. The molecule has 1 saturated heterocycles. The van der Waals surface area contributed by atoms with Gasteiger partial charge < -0.3 is 18.9 Å². The molecule has 3 aromatic rings. The van der Waals surface area contributed by atoms with E-state index in [1.165, 1.54) is 0 Å². The third-order valence-corrected chi connectivity index (χ3v) is 5.66. The highest BCUT2D eigenvalue weighted by Gasteiger charge is 2.35. The van der Waals surface area contributed by atoms with Gasteiger partial charge in [-0.05, 0) is 36.6 Å². The molecule has 0 saturated carbocycles. The predicted molar refractivity (Wildman–Crippen MR) is 111 cm³/mol. The molecule has 0 bridgehead atoms. The third-order valence-electron chi connectivity index (χ3n) is 4.94. The molecule has 1 aliphatic heterocycles. The molecular weight excluding hydrogens is 390 g/mol. The van der Waals surface area contributed by atoms with Crippen molar-refractivity contribution < 1.29 is 18.8 Å². The zero-order chi connectivity index (χ0) is 20.4. The fourth-order valence-electron chi connectivity index (χ4n) is 3.39. The Morgan fingerprint density at radius 3 is 2.79 bits per heavy atom. The Bertz CT molecular complexity index is 1040. The number of amides is 1. The number of anilines is 1. The van der Waals surface area contributed by atoms with Crippen molar-refractivity contribution in [2.45, 2.75) is 17.2 Å². The zero-order valence-electron chi connectivity index (χ0n) is 16.4. The van der Waals surface area contributed by atoms with Crippen LogP contribution in [0.1, 0.15) is 18.2 Å². The van der Waals surface area contributed by atoms with Crippen LogP contribution in [0.25, 0.3) is 11.5 Å². The number of benzene rings is 2. The van der Waals surface area contributed by atoms with E-state index < -0.39 is 0 Å². The maximum absolute atomic E-state index is 12.6. The Balaban J connectivity index is 1.57. The number of thioether (sulfide) groups is 1. The Hall–Kier alpha value is -3.00. The molecule has 8 heteroatoms. The summed E-state index contributed by atoms with van der Waals surface area (Å²) in [6.07, 6.45) is 2.37. The minimum absolute atomic E-state index is 0.0571. The van der Waals surface area contributed by atoms with Crippen LogP contribution in [0.5, 0.6) is 11.5 Å². The molecule has 1 fully saturated rings. The molecule has 2 aromatic carbocycles. The number of hydrogen-bond donors (Lipinski definition) is 0. The summed E-state index contributed by atoms with van der Waals surface area (Å²) in [7, 11) is 3.17. The summed E-state index contributed by atoms with van der Waals surface area (Å²) < 4.78 is 16.1. The highest BCUT2D eigenvalue weighted by atomic mass is 32.2. The highest BCUT2D eigenvalue weighted by Crippen LogP contribution is 2.35. The number of nitrogens with zero attached hydrogens (tertiary/aromatic N) is 3. The second-order valence-electron chi connectivity index (χ2n) is 6.63. The molecule has 1 aromatic heterocycles. The van der Waals surface area contributed by atoms with Gasteiger partial charge in [0.25, 0.3) is 5.89 Å². The zero-order valence-corrected chi connectivity index (χ0v) is 17.2. The summed E-state index contributed by atoms with van der Waals surface area (Å²) in [5, 5.41) is 4.13. The average molecular weight is 411 g/mol. The summed E-state index contributed by atoms with van der Waals surface area (Å²) in [5.41, 5.74) is 1.57. The van der Waals surface area contributed by atoms with Crippen molar-refractivity contribution in [1.29, 1.82) is 0 Å². The molecule has 1 aliphatic rings. The van der Waals surface area contributed by atoms with Gasteiger partial charge in [0.15, 0.2) is 5.82 Å². The first-order valence-electron chi connectivity index (χ1n) is 9.13. The summed E-state index contributed by atoms with van der Waals surface area (Å²) >= 11 is 1.65. The molecular formula is C21H21N3O4S. The number of hydrogen-bond acceptors (Lipinski definition) is 7. The van der Waals surface area contributed by atoms with Crippen molar-refractivity contribution in [1.82, 2.24) is 10.1 Å². The molecule has 0 radical (unpaired) electrons. The Morgan fingerprint density at radius 2 is 2.03 bits per heavy atom. The van der Waals surface area contributed by atoms with Crippen LogP contribution in [0.4, 0.5) is 5.69 Å². The van der Waals surface area contributed by atoms with Gasteiger partial charge in [0.2, 0.25) is 5.91 Å². The molecule has 1 unspecified atom stereocenters. The van der Waals surface area contributed by atoms with Crippen molar-refractivity contribution in [3.05, 3.63) is 48.3 Å². The number of ether oxygens (including phenoxy) is 2. The van der Waals surface area contributed by atoms with Gasteiger partial charge in [-0.15, -0.1) is 11.8 Å². The van der Waals surface area contributed by atoms with Crippen LogP contribution in [-0.4, -0.2) is 43.1 Å². The van der Waals surface area contributed by atoms with Crippen LogP contribution in [-0.2, 0) is 4.79 Å². The number of methoxy groups -OCH3 is 2. The summed E-state index contributed by atoms with van der Waals surface area (Å²) in [5.74, 6) is 2.07. The molecule has 4 rings (SSSR count). The first-order chi connectivity index (χ1) is 14.1. The number of rotatable bonds is 6. The lowest BCUT2D eigenvalue weighted by Gasteiger charge is -2.16. The van der Waals surface area contributed by atoms with Crippen LogP contribution in [0.15, 0.2) is 51.9 Å². The fourth-order valence-corrected chi connectivity index (χ4v) is 3.85. The largest absolute Gasteiger partial charge is 0.497 e. The van der Waals surface area contributed by atoms with Gasteiger partial charge in [-0.1, -0.05) is 11.2 Å². The third kappa shape index (κ3) is 3.80. The molecule has 0 N–H and O–H groups in total. The van der Waals surface area contributed by atoms with E-state index in [4.69, 9.17) is 14.0 Å². The number of carbonyl (C=O) groups is 1. The molecule has 7 nitrogen and oxygen atoms in total. The molecule has 1 atom stereocenters. The number of carbonyl (C=O) groups excluding carboxylic acids is 1. The van der Waals surface area contributed by atoms with Crippen molar-refractivity contribution in [2.75, 3.05) is 31.9 Å². The summed E-state index contributed by atoms with van der Waals surface area (Å²) in [6, 6.07) is 13.3. The molecule has 0 aliphatic carbocycles. The second kappa shape index (κ2) is 8.16. The predicted octanol–water partition coefficient (Wildman–Crippen LogP) is 4.00. The van der Waals surface area contributed by atoms with E-state index in [0.717, 1.165) is 10.6 Å². The van der Waals surface area contributed by atoms with Gasteiger partial charge in [0.05, 0.1) is 19.8 Å². The lowest BCUT2D eigenvalue weighted by molar-refractivity contribution is -0.117. The van der Waals surface area contributed by atoms with Crippen molar-refractivity contribution in [3.8, 4) is 23.0 Å². The number of aromatic nitrogens is 2. The Morgan fingerprint density at radius 1 is 1.17 bits per heavy atom. The van der Waals surface area contributed by atoms with E-state index in [2.05, 4.69) is 10.1 Å².